The van der Waals surface area contributed by atoms with Crippen LogP contribution in [0.5, 0.6) is 0 Å². The summed E-state index contributed by atoms with van der Waals surface area (Å²) in [5.74, 6) is 0.320. The van der Waals surface area contributed by atoms with E-state index in [9.17, 15) is 18.6 Å². The number of benzene rings is 1. The van der Waals surface area contributed by atoms with Gasteiger partial charge in [-0.2, -0.15) is 0 Å². The summed E-state index contributed by atoms with van der Waals surface area (Å²) in [6, 6.07) is 8.99. The molecular formula is C20H28O4S. The molecule has 0 heterocycles. The third kappa shape index (κ3) is 3.07. The first-order valence-corrected chi connectivity index (χ1v) is 10.6. The predicted molar refractivity (Wildman–Crippen MR) is 98.5 cm³/mol. The highest BCUT2D eigenvalue weighted by atomic mass is 32.2. The fourth-order valence-electron chi connectivity index (χ4n) is 4.89. The molecule has 0 aromatic heterocycles. The fourth-order valence-corrected chi connectivity index (χ4v) is 6.89. The van der Waals surface area contributed by atoms with Crippen LogP contribution >= 0.6 is 0 Å². The minimum Gasteiger partial charge on any atom is -0.392 e. The molecule has 0 unspecified atom stereocenters. The van der Waals surface area contributed by atoms with Crippen molar-refractivity contribution in [3.05, 3.63) is 47.4 Å². The van der Waals surface area contributed by atoms with Crippen LogP contribution in [0.2, 0.25) is 0 Å². The van der Waals surface area contributed by atoms with Crippen molar-refractivity contribution >= 4 is 9.84 Å². The summed E-state index contributed by atoms with van der Waals surface area (Å²) in [5, 5.41) is 22.3. The van der Waals surface area contributed by atoms with Gasteiger partial charge in [-0.1, -0.05) is 44.2 Å². The van der Waals surface area contributed by atoms with E-state index in [4.69, 9.17) is 0 Å². The Hall–Kier alpha value is -1.17. The van der Waals surface area contributed by atoms with Gasteiger partial charge in [-0.15, -0.1) is 0 Å². The Morgan fingerprint density at radius 2 is 1.92 bits per heavy atom. The number of aliphatic hydroxyl groups excluding tert-OH is 1. The van der Waals surface area contributed by atoms with Gasteiger partial charge >= 0.3 is 0 Å². The SMILES string of the molecule is CC1(C)[C@@H]2CC[C@@]1(CS(=O)(=O)/C=C/[C@@](C)(O)c1ccccc1)[C@H](O)C2. The van der Waals surface area contributed by atoms with Gasteiger partial charge in [0.15, 0.2) is 9.84 Å². The number of aliphatic hydroxyl groups is 2. The van der Waals surface area contributed by atoms with Crippen LogP contribution in [0.3, 0.4) is 0 Å². The Labute approximate surface area is 150 Å². The molecular weight excluding hydrogens is 336 g/mol. The lowest BCUT2D eigenvalue weighted by Crippen LogP contribution is -2.44. The summed E-state index contributed by atoms with van der Waals surface area (Å²) < 4.78 is 25.5. The highest BCUT2D eigenvalue weighted by Crippen LogP contribution is 2.66. The van der Waals surface area contributed by atoms with Gasteiger partial charge in [0.05, 0.1) is 11.9 Å². The molecule has 2 aliphatic carbocycles. The first kappa shape index (κ1) is 18.6. The number of hydrogen-bond donors (Lipinski definition) is 2. The maximum absolute atomic E-state index is 12.8. The summed E-state index contributed by atoms with van der Waals surface area (Å²) in [6.07, 6.45) is 3.18. The van der Waals surface area contributed by atoms with Gasteiger partial charge in [-0.05, 0) is 49.2 Å². The largest absolute Gasteiger partial charge is 0.392 e. The molecule has 0 saturated heterocycles. The van der Waals surface area contributed by atoms with E-state index in [0.29, 0.717) is 17.9 Å². The Morgan fingerprint density at radius 3 is 2.44 bits per heavy atom. The fraction of sp³-hybridized carbons (Fsp3) is 0.600. The van der Waals surface area contributed by atoms with Gasteiger partial charge in [-0.25, -0.2) is 8.42 Å². The Balaban J connectivity index is 1.83. The van der Waals surface area contributed by atoms with Crippen LogP contribution in [0.4, 0.5) is 0 Å². The average Bonchev–Trinajstić information content (AvgIpc) is 2.88. The van der Waals surface area contributed by atoms with Crippen molar-refractivity contribution in [3.63, 3.8) is 0 Å². The molecule has 2 aliphatic rings. The van der Waals surface area contributed by atoms with Crippen molar-refractivity contribution in [2.75, 3.05) is 5.75 Å². The van der Waals surface area contributed by atoms with Crippen molar-refractivity contribution in [2.24, 2.45) is 16.7 Å². The summed E-state index contributed by atoms with van der Waals surface area (Å²) >= 11 is 0. The molecule has 2 bridgehead atoms. The van der Waals surface area contributed by atoms with Crippen LogP contribution in [0.25, 0.3) is 0 Å². The van der Waals surface area contributed by atoms with Crippen LogP contribution in [-0.2, 0) is 15.4 Å². The van der Waals surface area contributed by atoms with Gasteiger partial charge in [0.1, 0.15) is 5.60 Å². The van der Waals surface area contributed by atoms with Crippen molar-refractivity contribution < 1.29 is 18.6 Å². The summed E-state index contributed by atoms with van der Waals surface area (Å²) in [5.41, 5.74) is -1.48. The topological polar surface area (TPSA) is 74.6 Å². The Morgan fingerprint density at radius 1 is 1.28 bits per heavy atom. The molecule has 2 fully saturated rings. The summed E-state index contributed by atoms with van der Waals surface area (Å²) in [7, 11) is -3.55. The van der Waals surface area contributed by atoms with E-state index >= 15 is 0 Å². The standard InChI is InChI=1S/C20H28O4S/c1-18(2)16-9-10-20(18,17(21)13-16)14-25(23,24)12-11-19(3,22)15-7-5-4-6-8-15/h4-8,11-12,16-17,21-22H,9-10,13-14H2,1-3H3/b12-11+/t16-,17-,19-,20-/m1/s1. The van der Waals surface area contributed by atoms with E-state index < -0.39 is 27.0 Å². The maximum Gasteiger partial charge on any atom is 0.172 e. The predicted octanol–water partition coefficient (Wildman–Crippen LogP) is 3.01. The zero-order valence-corrected chi connectivity index (χ0v) is 16.0. The molecule has 138 valence electrons. The van der Waals surface area contributed by atoms with Gasteiger partial charge < -0.3 is 10.2 Å². The first-order chi connectivity index (χ1) is 11.5. The molecule has 5 heteroatoms. The third-order valence-electron chi connectivity index (χ3n) is 6.81. The average molecular weight is 365 g/mol. The van der Waals surface area contributed by atoms with Crippen LogP contribution in [-0.4, -0.2) is 30.5 Å². The quantitative estimate of drug-likeness (QED) is 0.842. The minimum atomic E-state index is -3.55. The normalized spacial score (nSPS) is 33.6. The molecule has 0 radical (unpaired) electrons. The Kier molecular flexibility index (Phi) is 4.42. The van der Waals surface area contributed by atoms with E-state index in [1.807, 2.05) is 6.07 Å². The number of fused-ring (bicyclic) bond motifs is 2. The molecule has 0 spiro atoms. The zero-order valence-electron chi connectivity index (χ0n) is 15.1. The number of hydrogen-bond acceptors (Lipinski definition) is 4. The smallest absolute Gasteiger partial charge is 0.172 e. The van der Waals surface area contributed by atoms with Crippen molar-refractivity contribution in [3.8, 4) is 0 Å². The van der Waals surface area contributed by atoms with Gasteiger partial charge in [0.2, 0.25) is 0 Å². The first-order valence-electron chi connectivity index (χ1n) is 8.88. The van der Waals surface area contributed by atoms with Gasteiger partial charge in [-0.3, -0.25) is 0 Å². The zero-order chi connectivity index (χ0) is 18.5. The molecule has 0 aliphatic heterocycles. The molecule has 25 heavy (non-hydrogen) atoms. The monoisotopic (exact) mass is 364 g/mol. The second-order valence-corrected chi connectivity index (χ2v) is 10.4. The molecule has 2 N–H and O–H groups in total. The summed E-state index contributed by atoms with van der Waals surface area (Å²) in [6.45, 7) is 5.74. The third-order valence-corrected chi connectivity index (χ3v) is 8.27. The molecule has 1 aromatic carbocycles. The Bertz CT molecular complexity index is 764. The maximum atomic E-state index is 12.8. The lowest BCUT2D eigenvalue weighted by Gasteiger charge is -2.40. The van der Waals surface area contributed by atoms with Crippen molar-refractivity contribution in [2.45, 2.75) is 51.7 Å². The van der Waals surface area contributed by atoms with Crippen molar-refractivity contribution in [1.29, 1.82) is 0 Å². The highest BCUT2D eigenvalue weighted by Gasteiger charge is 2.64. The minimum absolute atomic E-state index is 0.0635. The lowest BCUT2D eigenvalue weighted by molar-refractivity contribution is 0.0155. The molecule has 0 amide bonds. The van der Waals surface area contributed by atoms with E-state index in [2.05, 4.69) is 13.8 Å². The second-order valence-electron chi connectivity index (χ2n) is 8.49. The second kappa shape index (κ2) is 5.93. The molecule has 4 nitrogen and oxygen atoms in total. The van der Waals surface area contributed by atoms with E-state index in [1.54, 1.807) is 31.2 Å². The number of sulfone groups is 1. The van der Waals surface area contributed by atoms with Crippen LogP contribution in [0.1, 0.15) is 45.6 Å². The number of rotatable bonds is 5. The van der Waals surface area contributed by atoms with E-state index in [-0.39, 0.29) is 11.2 Å². The highest BCUT2D eigenvalue weighted by molar-refractivity contribution is 7.94. The lowest BCUT2D eigenvalue weighted by atomic mass is 9.70. The molecule has 4 atom stereocenters. The molecule has 2 saturated carbocycles. The van der Waals surface area contributed by atoms with Crippen LogP contribution in [0.15, 0.2) is 41.8 Å². The molecule has 3 rings (SSSR count). The van der Waals surface area contributed by atoms with E-state index in [1.165, 1.54) is 6.08 Å². The van der Waals surface area contributed by atoms with Crippen LogP contribution < -0.4 is 0 Å². The van der Waals surface area contributed by atoms with Gasteiger partial charge in [0.25, 0.3) is 0 Å². The molecule has 1 aromatic rings. The van der Waals surface area contributed by atoms with E-state index in [0.717, 1.165) is 18.2 Å². The van der Waals surface area contributed by atoms with Crippen molar-refractivity contribution in [1.82, 2.24) is 0 Å². The summed E-state index contributed by atoms with van der Waals surface area (Å²) in [4.78, 5) is 0. The van der Waals surface area contributed by atoms with Gasteiger partial charge in [0, 0.05) is 10.8 Å². The van der Waals surface area contributed by atoms with Crippen LogP contribution in [0, 0.1) is 16.7 Å².